The van der Waals surface area contributed by atoms with Gasteiger partial charge in [-0.1, -0.05) is 0 Å². The molecule has 0 saturated heterocycles. The molecule has 3 nitrogen and oxygen atoms in total. The standard InChI is InChI=1S/C14H25NO2S/c1-12-6-7-13(18-12)10-15(8-5-9-17-4)11-14(2,3)16/h6-7,16H,5,8-11H2,1-4H3. The maximum Gasteiger partial charge on any atom is 0.0718 e. The molecule has 0 atom stereocenters. The van der Waals surface area contributed by atoms with Crippen molar-refractivity contribution < 1.29 is 9.84 Å². The lowest BCUT2D eigenvalue weighted by molar-refractivity contribution is 0.0309. The molecule has 0 unspecified atom stereocenters. The lowest BCUT2D eigenvalue weighted by Crippen LogP contribution is -2.38. The SMILES string of the molecule is COCCCN(Cc1ccc(C)s1)CC(C)(C)O. The van der Waals surface area contributed by atoms with Gasteiger partial charge < -0.3 is 9.84 Å². The number of hydrogen-bond donors (Lipinski definition) is 1. The fourth-order valence-corrected chi connectivity index (χ4v) is 2.92. The van der Waals surface area contributed by atoms with Crippen LogP contribution in [0.15, 0.2) is 12.1 Å². The van der Waals surface area contributed by atoms with E-state index >= 15 is 0 Å². The van der Waals surface area contributed by atoms with Gasteiger partial charge in [0, 0.05) is 43.1 Å². The number of aryl methyl sites for hydroxylation is 1. The fraction of sp³-hybridized carbons (Fsp3) is 0.714. The molecule has 0 fully saturated rings. The molecule has 1 N–H and O–H groups in total. The van der Waals surface area contributed by atoms with E-state index in [0.29, 0.717) is 6.54 Å². The molecule has 1 heterocycles. The number of hydrogen-bond acceptors (Lipinski definition) is 4. The quantitative estimate of drug-likeness (QED) is 0.738. The summed E-state index contributed by atoms with van der Waals surface area (Å²) >= 11 is 1.83. The Morgan fingerprint density at radius 3 is 2.61 bits per heavy atom. The van der Waals surface area contributed by atoms with Crippen molar-refractivity contribution in [2.45, 2.75) is 39.3 Å². The molecule has 1 aromatic rings. The van der Waals surface area contributed by atoms with E-state index in [2.05, 4.69) is 24.0 Å². The van der Waals surface area contributed by atoms with Gasteiger partial charge in [0.2, 0.25) is 0 Å². The van der Waals surface area contributed by atoms with E-state index in [0.717, 1.165) is 26.1 Å². The van der Waals surface area contributed by atoms with Gasteiger partial charge in [-0.3, -0.25) is 4.90 Å². The van der Waals surface area contributed by atoms with Gasteiger partial charge in [0.05, 0.1) is 5.60 Å². The van der Waals surface area contributed by atoms with Crippen LogP contribution < -0.4 is 0 Å². The molecular weight excluding hydrogens is 246 g/mol. The van der Waals surface area contributed by atoms with Gasteiger partial charge in [-0.2, -0.15) is 0 Å². The summed E-state index contributed by atoms with van der Waals surface area (Å²) < 4.78 is 5.09. The Morgan fingerprint density at radius 1 is 1.39 bits per heavy atom. The molecule has 1 aromatic heterocycles. The van der Waals surface area contributed by atoms with Gasteiger partial charge in [0.15, 0.2) is 0 Å². The van der Waals surface area contributed by atoms with E-state index < -0.39 is 5.60 Å². The van der Waals surface area contributed by atoms with Crippen LogP contribution >= 0.6 is 11.3 Å². The number of methoxy groups -OCH3 is 1. The van der Waals surface area contributed by atoms with Gasteiger partial charge in [0.25, 0.3) is 0 Å². The van der Waals surface area contributed by atoms with E-state index in [9.17, 15) is 5.11 Å². The molecule has 0 amide bonds. The Labute approximate surface area is 114 Å². The monoisotopic (exact) mass is 271 g/mol. The third-order valence-electron chi connectivity index (χ3n) is 2.61. The molecule has 4 heteroatoms. The first-order valence-corrected chi connectivity index (χ1v) is 7.21. The minimum Gasteiger partial charge on any atom is -0.389 e. The zero-order valence-corrected chi connectivity index (χ0v) is 12.7. The van der Waals surface area contributed by atoms with Crippen molar-refractivity contribution in [3.63, 3.8) is 0 Å². The van der Waals surface area contributed by atoms with Crippen LogP contribution in [0.25, 0.3) is 0 Å². The molecule has 0 saturated carbocycles. The maximum atomic E-state index is 9.96. The average molecular weight is 271 g/mol. The van der Waals surface area contributed by atoms with Crippen molar-refractivity contribution >= 4 is 11.3 Å². The van der Waals surface area contributed by atoms with Gasteiger partial charge in [0.1, 0.15) is 0 Å². The Hall–Kier alpha value is -0.420. The van der Waals surface area contributed by atoms with Crippen LogP contribution in [0.2, 0.25) is 0 Å². The molecule has 18 heavy (non-hydrogen) atoms. The number of thiophene rings is 1. The van der Waals surface area contributed by atoms with Crippen molar-refractivity contribution in [3.8, 4) is 0 Å². The summed E-state index contributed by atoms with van der Waals surface area (Å²) in [6, 6.07) is 4.32. The Morgan fingerprint density at radius 2 is 2.11 bits per heavy atom. The van der Waals surface area contributed by atoms with Crippen molar-refractivity contribution in [1.82, 2.24) is 4.90 Å². The van der Waals surface area contributed by atoms with Crippen LogP contribution in [0.4, 0.5) is 0 Å². The summed E-state index contributed by atoms with van der Waals surface area (Å²) in [6.45, 7) is 9.16. The first kappa shape index (κ1) is 15.6. The Kier molecular flexibility index (Phi) is 6.29. The third-order valence-corrected chi connectivity index (χ3v) is 3.59. The second-order valence-electron chi connectivity index (χ2n) is 5.38. The van der Waals surface area contributed by atoms with E-state index in [4.69, 9.17) is 4.74 Å². The molecular formula is C14H25NO2S. The third kappa shape index (κ3) is 6.50. The van der Waals surface area contributed by atoms with Crippen molar-refractivity contribution in [2.75, 3.05) is 26.8 Å². The first-order valence-electron chi connectivity index (χ1n) is 6.40. The first-order chi connectivity index (χ1) is 8.40. The topological polar surface area (TPSA) is 32.7 Å². The summed E-state index contributed by atoms with van der Waals surface area (Å²) in [6.07, 6.45) is 0.997. The normalized spacial score (nSPS) is 12.3. The summed E-state index contributed by atoms with van der Waals surface area (Å²) in [5.74, 6) is 0. The van der Waals surface area contributed by atoms with E-state index in [-0.39, 0.29) is 0 Å². The highest BCUT2D eigenvalue weighted by atomic mass is 32.1. The predicted molar refractivity (Wildman–Crippen MR) is 77.1 cm³/mol. The highest BCUT2D eigenvalue weighted by molar-refractivity contribution is 7.11. The molecule has 0 aromatic carbocycles. The van der Waals surface area contributed by atoms with E-state index in [1.54, 1.807) is 7.11 Å². The van der Waals surface area contributed by atoms with Crippen molar-refractivity contribution in [3.05, 3.63) is 21.9 Å². The summed E-state index contributed by atoms with van der Waals surface area (Å²) in [4.78, 5) is 4.99. The highest BCUT2D eigenvalue weighted by Gasteiger charge is 2.18. The van der Waals surface area contributed by atoms with Crippen LogP contribution in [0.1, 0.15) is 30.0 Å². The van der Waals surface area contributed by atoms with Crippen molar-refractivity contribution in [2.24, 2.45) is 0 Å². The average Bonchev–Trinajstić information content (AvgIpc) is 2.62. The summed E-state index contributed by atoms with van der Waals surface area (Å²) in [7, 11) is 1.73. The second-order valence-corrected chi connectivity index (χ2v) is 6.75. The van der Waals surface area contributed by atoms with E-state index in [1.165, 1.54) is 9.75 Å². The van der Waals surface area contributed by atoms with Gasteiger partial charge in [-0.25, -0.2) is 0 Å². The van der Waals surface area contributed by atoms with Crippen LogP contribution in [0.5, 0.6) is 0 Å². The minimum absolute atomic E-state index is 0.653. The summed E-state index contributed by atoms with van der Waals surface area (Å²) in [5.41, 5.74) is -0.653. The van der Waals surface area contributed by atoms with Crippen molar-refractivity contribution in [1.29, 1.82) is 0 Å². The molecule has 0 aliphatic rings. The molecule has 0 spiro atoms. The highest BCUT2D eigenvalue weighted by Crippen LogP contribution is 2.18. The number of rotatable bonds is 8. The number of nitrogens with zero attached hydrogens (tertiary/aromatic N) is 1. The second kappa shape index (κ2) is 7.24. The smallest absolute Gasteiger partial charge is 0.0718 e. The van der Waals surface area contributed by atoms with Gasteiger partial charge in [-0.15, -0.1) is 11.3 Å². The molecule has 0 aliphatic carbocycles. The van der Waals surface area contributed by atoms with Crippen LogP contribution in [-0.2, 0) is 11.3 Å². The molecule has 1 rings (SSSR count). The minimum atomic E-state index is -0.653. The van der Waals surface area contributed by atoms with Crippen LogP contribution in [-0.4, -0.2) is 42.4 Å². The predicted octanol–water partition coefficient (Wildman–Crippen LogP) is 2.67. The van der Waals surface area contributed by atoms with Crippen LogP contribution in [0, 0.1) is 6.92 Å². The Balaban J connectivity index is 2.53. The zero-order valence-electron chi connectivity index (χ0n) is 11.9. The number of ether oxygens (including phenoxy) is 1. The molecule has 104 valence electrons. The molecule has 0 radical (unpaired) electrons. The molecule has 0 aliphatic heterocycles. The largest absolute Gasteiger partial charge is 0.389 e. The lowest BCUT2D eigenvalue weighted by atomic mass is 10.1. The lowest BCUT2D eigenvalue weighted by Gasteiger charge is -2.28. The zero-order chi connectivity index (χ0) is 13.6. The fourth-order valence-electron chi connectivity index (χ4n) is 1.98. The van der Waals surface area contributed by atoms with Gasteiger partial charge >= 0.3 is 0 Å². The van der Waals surface area contributed by atoms with Gasteiger partial charge in [-0.05, 0) is 39.3 Å². The summed E-state index contributed by atoms with van der Waals surface area (Å²) in [5, 5.41) is 9.96. The Bertz CT molecular complexity index is 344. The number of aliphatic hydroxyl groups is 1. The van der Waals surface area contributed by atoms with E-state index in [1.807, 2.05) is 25.2 Å². The maximum absolute atomic E-state index is 9.96. The van der Waals surface area contributed by atoms with Crippen LogP contribution in [0.3, 0.4) is 0 Å². The molecule has 0 bridgehead atoms.